The van der Waals surface area contributed by atoms with Crippen LogP contribution in [0.25, 0.3) is 11.6 Å². The van der Waals surface area contributed by atoms with Crippen LogP contribution in [0.1, 0.15) is 36.8 Å². The molecule has 4 rings (SSSR count). The Bertz CT molecular complexity index is 571. The van der Waals surface area contributed by atoms with Crippen LogP contribution in [-0.2, 0) is 0 Å². The summed E-state index contributed by atoms with van der Waals surface area (Å²) in [5.74, 6) is 1.42. The first-order valence-electron chi connectivity index (χ1n) is 7.12. The maximum atomic E-state index is 2.44. The lowest BCUT2D eigenvalue weighted by Crippen LogP contribution is -2.24. The van der Waals surface area contributed by atoms with Gasteiger partial charge < -0.3 is 0 Å². The second-order valence-electron chi connectivity index (χ2n) is 5.69. The molecule has 18 heavy (non-hydrogen) atoms. The van der Waals surface area contributed by atoms with Gasteiger partial charge in [0.2, 0.25) is 0 Å². The summed E-state index contributed by atoms with van der Waals surface area (Å²) in [6.07, 6.45) is 15.0. The van der Waals surface area contributed by atoms with Crippen molar-refractivity contribution in [2.75, 3.05) is 0 Å². The fourth-order valence-electron chi connectivity index (χ4n) is 3.83. The van der Waals surface area contributed by atoms with E-state index in [1.54, 1.807) is 11.1 Å². The van der Waals surface area contributed by atoms with Crippen LogP contribution in [0.4, 0.5) is 0 Å². The first kappa shape index (κ1) is 10.4. The highest BCUT2D eigenvalue weighted by Crippen LogP contribution is 2.47. The van der Waals surface area contributed by atoms with Gasteiger partial charge in [0.15, 0.2) is 0 Å². The van der Waals surface area contributed by atoms with Crippen molar-refractivity contribution in [1.82, 2.24) is 0 Å². The van der Waals surface area contributed by atoms with Gasteiger partial charge >= 0.3 is 0 Å². The van der Waals surface area contributed by atoms with Crippen LogP contribution in [0.2, 0.25) is 0 Å². The number of rotatable bonds is 0. The summed E-state index contributed by atoms with van der Waals surface area (Å²) in [5.41, 5.74) is 6.07. The second-order valence-corrected chi connectivity index (χ2v) is 5.69. The number of benzene rings is 1. The van der Waals surface area contributed by atoms with Gasteiger partial charge in [0, 0.05) is 5.92 Å². The highest BCUT2D eigenvalue weighted by atomic mass is 14.4. The van der Waals surface area contributed by atoms with Crippen molar-refractivity contribution in [2.24, 2.45) is 11.8 Å². The molecule has 90 valence electrons. The zero-order valence-corrected chi connectivity index (χ0v) is 10.6. The average molecular weight is 234 g/mol. The average Bonchev–Trinajstić information content (AvgIpc) is 2.46. The van der Waals surface area contributed by atoms with Crippen molar-refractivity contribution in [1.29, 1.82) is 0 Å². The van der Waals surface area contributed by atoms with E-state index < -0.39 is 0 Å². The molecule has 2 atom stereocenters. The summed E-state index contributed by atoms with van der Waals surface area (Å²) >= 11 is 0. The minimum absolute atomic E-state index is 0.639. The van der Waals surface area contributed by atoms with E-state index in [0.717, 1.165) is 5.92 Å². The van der Waals surface area contributed by atoms with Crippen LogP contribution in [0, 0.1) is 11.8 Å². The van der Waals surface area contributed by atoms with Gasteiger partial charge in [-0.2, -0.15) is 0 Å². The zero-order valence-electron chi connectivity index (χ0n) is 10.6. The molecule has 3 aliphatic carbocycles. The third-order valence-corrected chi connectivity index (χ3v) is 4.73. The van der Waals surface area contributed by atoms with Gasteiger partial charge in [0.05, 0.1) is 0 Å². The van der Waals surface area contributed by atoms with Gasteiger partial charge in [-0.1, -0.05) is 60.6 Å². The maximum absolute atomic E-state index is 2.44. The molecule has 0 unspecified atom stereocenters. The minimum atomic E-state index is 0.639. The maximum Gasteiger partial charge on any atom is 0.00930 e. The van der Waals surface area contributed by atoms with Crippen molar-refractivity contribution in [3.63, 3.8) is 0 Å². The lowest BCUT2D eigenvalue weighted by Gasteiger charge is -2.37. The second kappa shape index (κ2) is 3.98. The molecule has 3 aliphatic rings. The van der Waals surface area contributed by atoms with Crippen molar-refractivity contribution in [3.8, 4) is 0 Å². The molecule has 0 heteroatoms. The molecule has 1 fully saturated rings. The Hall–Kier alpha value is -1.56. The van der Waals surface area contributed by atoms with Crippen LogP contribution in [0.5, 0.6) is 0 Å². The molecule has 0 bridgehead atoms. The van der Waals surface area contributed by atoms with E-state index in [2.05, 4.69) is 48.6 Å². The van der Waals surface area contributed by atoms with Crippen LogP contribution in [0.3, 0.4) is 0 Å². The van der Waals surface area contributed by atoms with Gasteiger partial charge in [-0.05, 0) is 41.9 Å². The standard InChI is InChI=1S/C18H18/c1-3-7-15-13(5-1)9-11-18-16-8-4-2-6-14(16)10-12-17(15)18/h1,3,5,7,9-12,16,18H,2,4,6,8H2/t16-,18+/m0/s1. The van der Waals surface area contributed by atoms with E-state index in [0.29, 0.717) is 5.92 Å². The van der Waals surface area contributed by atoms with E-state index >= 15 is 0 Å². The summed E-state index contributed by atoms with van der Waals surface area (Å²) in [4.78, 5) is 0. The molecule has 0 aliphatic heterocycles. The highest BCUT2D eigenvalue weighted by Gasteiger charge is 2.32. The van der Waals surface area contributed by atoms with Crippen molar-refractivity contribution in [2.45, 2.75) is 25.7 Å². The van der Waals surface area contributed by atoms with Gasteiger partial charge in [0.1, 0.15) is 0 Å². The molecule has 1 saturated carbocycles. The lowest BCUT2D eigenvalue weighted by molar-refractivity contribution is 0.408. The Morgan fingerprint density at radius 2 is 1.94 bits per heavy atom. The fraction of sp³-hybridized carbons (Fsp3) is 0.333. The van der Waals surface area contributed by atoms with E-state index in [-0.39, 0.29) is 0 Å². The molecule has 0 spiro atoms. The molecule has 0 N–H and O–H groups in total. The van der Waals surface area contributed by atoms with E-state index in [4.69, 9.17) is 0 Å². The van der Waals surface area contributed by atoms with Crippen LogP contribution < -0.4 is 0 Å². The third kappa shape index (κ3) is 1.45. The highest BCUT2D eigenvalue weighted by molar-refractivity contribution is 5.83. The molecule has 0 radical (unpaired) electrons. The monoisotopic (exact) mass is 234 g/mol. The zero-order chi connectivity index (χ0) is 11.9. The van der Waals surface area contributed by atoms with Crippen molar-refractivity contribution < 1.29 is 0 Å². The fourth-order valence-corrected chi connectivity index (χ4v) is 3.83. The van der Waals surface area contributed by atoms with E-state index in [9.17, 15) is 0 Å². The van der Waals surface area contributed by atoms with Gasteiger partial charge in [0.25, 0.3) is 0 Å². The Labute approximate surface area is 109 Å². The Balaban J connectivity index is 1.85. The molecule has 0 nitrogen and oxygen atoms in total. The summed E-state index contributed by atoms with van der Waals surface area (Å²) in [7, 11) is 0. The molecular formula is C18H18. The summed E-state index contributed by atoms with van der Waals surface area (Å²) in [6, 6.07) is 8.80. The van der Waals surface area contributed by atoms with Gasteiger partial charge in [-0.3, -0.25) is 0 Å². The molecular weight excluding hydrogens is 216 g/mol. The normalized spacial score (nSPS) is 28.7. The smallest absolute Gasteiger partial charge is 0.00930 e. The lowest BCUT2D eigenvalue weighted by atomic mass is 9.67. The number of hydrogen-bond donors (Lipinski definition) is 0. The summed E-state index contributed by atoms with van der Waals surface area (Å²) in [6.45, 7) is 0. The summed E-state index contributed by atoms with van der Waals surface area (Å²) < 4.78 is 0. The molecule has 1 aromatic carbocycles. The number of hydrogen-bond acceptors (Lipinski definition) is 0. The molecule has 0 amide bonds. The predicted octanol–water partition coefficient (Wildman–Crippen LogP) is 4.84. The van der Waals surface area contributed by atoms with Crippen molar-refractivity contribution >= 4 is 11.6 Å². The topological polar surface area (TPSA) is 0 Å². The quantitative estimate of drug-likeness (QED) is 0.602. The Morgan fingerprint density at radius 3 is 2.94 bits per heavy atom. The van der Waals surface area contributed by atoms with Gasteiger partial charge in [-0.25, -0.2) is 0 Å². The van der Waals surface area contributed by atoms with Gasteiger partial charge in [-0.15, -0.1) is 0 Å². The molecule has 0 saturated heterocycles. The number of allylic oxidation sites excluding steroid dienone is 5. The van der Waals surface area contributed by atoms with Crippen LogP contribution >= 0.6 is 0 Å². The largest absolute Gasteiger partial charge is 0.0758 e. The number of fused-ring (bicyclic) bond motifs is 5. The molecule has 0 heterocycles. The first-order valence-corrected chi connectivity index (χ1v) is 7.12. The Morgan fingerprint density at radius 1 is 1.00 bits per heavy atom. The summed E-state index contributed by atoms with van der Waals surface area (Å²) in [5, 5.41) is 0. The molecule has 1 aromatic rings. The van der Waals surface area contributed by atoms with Crippen LogP contribution in [0.15, 0.2) is 48.1 Å². The SMILES string of the molecule is C1=C[C@H]2C(=CC=C3CCCC[C@@H]32)c2ccccc21. The van der Waals surface area contributed by atoms with E-state index in [1.165, 1.54) is 36.8 Å². The molecule has 0 aromatic heterocycles. The van der Waals surface area contributed by atoms with Crippen molar-refractivity contribution in [3.05, 3.63) is 59.2 Å². The third-order valence-electron chi connectivity index (χ3n) is 4.73. The van der Waals surface area contributed by atoms with Crippen LogP contribution in [-0.4, -0.2) is 0 Å². The van der Waals surface area contributed by atoms with E-state index in [1.807, 2.05) is 0 Å². The Kier molecular flexibility index (Phi) is 2.29. The minimum Gasteiger partial charge on any atom is -0.0758 e. The first-order chi connectivity index (χ1) is 8.93. The predicted molar refractivity (Wildman–Crippen MR) is 77.0 cm³/mol.